The Morgan fingerprint density at radius 3 is 2.46 bits per heavy atom. The highest BCUT2D eigenvalue weighted by Crippen LogP contribution is 2.31. The summed E-state index contributed by atoms with van der Waals surface area (Å²) in [5.41, 5.74) is 1.41. The number of anilines is 1. The van der Waals surface area contributed by atoms with E-state index in [1.807, 2.05) is 19.1 Å². The van der Waals surface area contributed by atoms with Crippen LogP contribution in [0, 0.1) is 17.0 Å². The average molecular weight is 493 g/mol. The number of nitrogens with one attached hydrogen (secondary N) is 1. The fraction of sp³-hybridized carbons (Fsp3) is 0.167. The lowest BCUT2D eigenvalue weighted by Crippen LogP contribution is -2.25. The lowest BCUT2D eigenvalue weighted by atomic mass is 10.1. The van der Waals surface area contributed by atoms with E-state index in [0.717, 1.165) is 21.6 Å². The molecule has 35 heavy (non-hydrogen) atoms. The van der Waals surface area contributed by atoms with Gasteiger partial charge in [0.25, 0.3) is 11.2 Å². The quantitative estimate of drug-likeness (QED) is 0.234. The monoisotopic (exact) mass is 492 g/mol. The van der Waals surface area contributed by atoms with E-state index >= 15 is 0 Å². The molecule has 0 saturated carbocycles. The van der Waals surface area contributed by atoms with Crippen LogP contribution in [0.4, 0.5) is 10.7 Å². The van der Waals surface area contributed by atoms with Gasteiger partial charge in [0.15, 0.2) is 5.69 Å². The van der Waals surface area contributed by atoms with Crippen LogP contribution in [0.3, 0.4) is 0 Å². The van der Waals surface area contributed by atoms with Crippen LogP contribution < -0.4 is 10.9 Å². The summed E-state index contributed by atoms with van der Waals surface area (Å²) in [4.78, 5) is 49.1. The van der Waals surface area contributed by atoms with E-state index in [1.54, 1.807) is 24.4 Å². The van der Waals surface area contributed by atoms with Gasteiger partial charge in [0.1, 0.15) is 5.00 Å². The summed E-state index contributed by atoms with van der Waals surface area (Å²) in [6.07, 6.45) is -0.0562. The van der Waals surface area contributed by atoms with Crippen LogP contribution in [-0.4, -0.2) is 33.2 Å². The van der Waals surface area contributed by atoms with Gasteiger partial charge < -0.3 is 10.1 Å². The molecule has 2 aromatic carbocycles. The smallest absolute Gasteiger partial charge is 0.359 e. The highest BCUT2D eigenvalue weighted by atomic mass is 32.1. The Labute approximate surface area is 202 Å². The van der Waals surface area contributed by atoms with Crippen LogP contribution in [0.15, 0.2) is 58.7 Å². The summed E-state index contributed by atoms with van der Waals surface area (Å²) in [6, 6.07) is 12.7. The fourth-order valence-corrected chi connectivity index (χ4v) is 4.40. The number of fused-ring (bicyclic) bond motifs is 1. The molecule has 178 valence electrons. The predicted octanol–water partition coefficient (Wildman–Crippen LogP) is 4.02. The molecule has 0 aliphatic carbocycles. The fourth-order valence-electron chi connectivity index (χ4n) is 3.44. The third-order valence-electron chi connectivity index (χ3n) is 5.16. The number of carbonyl (C=O) groups is 2. The van der Waals surface area contributed by atoms with Crippen molar-refractivity contribution in [1.29, 1.82) is 0 Å². The van der Waals surface area contributed by atoms with E-state index in [1.165, 1.54) is 24.3 Å². The molecule has 0 aliphatic rings. The maximum absolute atomic E-state index is 13.4. The second-order valence-electron chi connectivity index (χ2n) is 7.62. The van der Waals surface area contributed by atoms with Gasteiger partial charge >= 0.3 is 5.97 Å². The number of non-ortho nitro benzene ring substituents is 1. The molecule has 1 N–H and O–H groups in total. The lowest BCUT2D eigenvalue weighted by Gasteiger charge is -2.10. The van der Waals surface area contributed by atoms with Crippen LogP contribution >= 0.6 is 11.3 Å². The highest BCUT2D eigenvalue weighted by molar-refractivity contribution is 7.16. The average Bonchev–Trinajstić information content (AvgIpc) is 3.24. The molecule has 0 bridgehead atoms. The first-order valence-corrected chi connectivity index (χ1v) is 11.5. The summed E-state index contributed by atoms with van der Waals surface area (Å²) in [7, 11) is 0. The second-order valence-corrected chi connectivity index (χ2v) is 8.50. The number of amides is 1. The van der Waals surface area contributed by atoms with E-state index in [0.29, 0.717) is 11.3 Å². The van der Waals surface area contributed by atoms with Crippen molar-refractivity contribution in [2.45, 2.75) is 20.3 Å². The van der Waals surface area contributed by atoms with Gasteiger partial charge in [-0.3, -0.25) is 19.7 Å². The van der Waals surface area contributed by atoms with Crippen molar-refractivity contribution < 1.29 is 19.2 Å². The van der Waals surface area contributed by atoms with Crippen molar-refractivity contribution in [2.24, 2.45) is 0 Å². The summed E-state index contributed by atoms with van der Waals surface area (Å²) < 4.78 is 6.25. The number of aryl methyl sites for hydroxylation is 1. The number of esters is 1. The van der Waals surface area contributed by atoms with E-state index in [4.69, 9.17) is 4.74 Å². The van der Waals surface area contributed by atoms with Crippen molar-refractivity contribution in [3.05, 3.63) is 91.2 Å². The van der Waals surface area contributed by atoms with Crippen molar-refractivity contribution in [2.75, 3.05) is 11.9 Å². The Bertz CT molecular complexity index is 1490. The number of thiophene rings is 1. The second kappa shape index (κ2) is 9.85. The summed E-state index contributed by atoms with van der Waals surface area (Å²) in [6.45, 7) is 3.71. The van der Waals surface area contributed by atoms with E-state index in [2.05, 4.69) is 10.4 Å². The first-order chi connectivity index (χ1) is 16.8. The molecule has 0 fully saturated rings. The number of rotatable bonds is 7. The van der Waals surface area contributed by atoms with Gasteiger partial charge in [-0.2, -0.15) is 9.78 Å². The lowest BCUT2D eigenvalue weighted by molar-refractivity contribution is -0.384. The molecule has 1 amide bonds. The summed E-state index contributed by atoms with van der Waals surface area (Å²) >= 11 is 1.10. The Kier molecular flexibility index (Phi) is 6.69. The molecule has 0 radical (unpaired) electrons. The van der Waals surface area contributed by atoms with Crippen molar-refractivity contribution in [3.63, 3.8) is 0 Å². The number of ether oxygens (including phenoxy) is 1. The molecule has 0 aliphatic heterocycles. The molecule has 2 heterocycles. The Morgan fingerprint density at radius 2 is 1.83 bits per heavy atom. The van der Waals surface area contributed by atoms with Gasteiger partial charge in [-0.05, 0) is 31.5 Å². The van der Waals surface area contributed by atoms with Crippen LogP contribution in [0.1, 0.15) is 28.5 Å². The van der Waals surface area contributed by atoms with E-state index in [-0.39, 0.29) is 40.2 Å². The minimum absolute atomic E-state index is 0.0332. The first-order valence-electron chi connectivity index (χ1n) is 10.6. The zero-order valence-electron chi connectivity index (χ0n) is 18.8. The number of nitro benzene ring substituents is 1. The maximum Gasteiger partial charge on any atom is 0.359 e. The van der Waals surface area contributed by atoms with E-state index in [9.17, 15) is 24.5 Å². The van der Waals surface area contributed by atoms with Crippen molar-refractivity contribution in [3.8, 4) is 5.69 Å². The zero-order valence-corrected chi connectivity index (χ0v) is 19.6. The molecule has 11 heteroatoms. The summed E-state index contributed by atoms with van der Waals surface area (Å²) in [5.74, 6) is -1.10. The number of hydrogen-bond acceptors (Lipinski definition) is 8. The van der Waals surface area contributed by atoms with Crippen LogP contribution in [0.25, 0.3) is 16.5 Å². The topological polar surface area (TPSA) is 133 Å². The molecule has 0 unspecified atom stereocenters. The normalized spacial score (nSPS) is 10.8. The third kappa shape index (κ3) is 4.94. The molecule has 0 spiro atoms. The molecular weight excluding hydrogens is 472 g/mol. The van der Waals surface area contributed by atoms with Crippen LogP contribution in [0.2, 0.25) is 0 Å². The van der Waals surface area contributed by atoms with Gasteiger partial charge in [-0.15, -0.1) is 11.3 Å². The molecule has 4 rings (SSSR count). The maximum atomic E-state index is 13.4. The first kappa shape index (κ1) is 23.8. The van der Waals surface area contributed by atoms with Gasteiger partial charge in [0, 0.05) is 22.9 Å². The SMILES string of the molecule is CCOC(=O)c1nn(-c2ccc(C)cc2)c(=O)c2c(NC(=O)Cc3ccc([N+](=O)[O-])cc3)scc12. The summed E-state index contributed by atoms with van der Waals surface area (Å²) in [5, 5.41) is 20.1. The molecule has 10 nitrogen and oxygen atoms in total. The number of nitro groups is 1. The Hall–Kier alpha value is -4.38. The van der Waals surface area contributed by atoms with Gasteiger partial charge in [0.2, 0.25) is 5.91 Å². The van der Waals surface area contributed by atoms with Crippen molar-refractivity contribution >= 4 is 44.7 Å². The van der Waals surface area contributed by atoms with Gasteiger partial charge in [0.05, 0.1) is 29.0 Å². The number of hydrogen-bond donors (Lipinski definition) is 1. The minimum atomic E-state index is -0.681. The number of carbonyl (C=O) groups excluding carboxylic acids is 2. The molecule has 2 aromatic heterocycles. The minimum Gasteiger partial charge on any atom is -0.461 e. The molecule has 0 atom stereocenters. The molecular formula is C24H20N4O6S. The van der Waals surface area contributed by atoms with Gasteiger partial charge in [-0.1, -0.05) is 29.8 Å². The Morgan fingerprint density at radius 1 is 1.14 bits per heavy atom. The number of aromatic nitrogens is 2. The molecule has 0 saturated heterocycles. The zero-order chi connectivity index (χ0) is 25.1. The number of nitrogens with zero attached hydrogens (tertiary/aromatic N) is 3. The number of benzene rings is 2. The van der Waals surface area contributed by atoms with Gasteiger partial charge in [-0.25, -0.2) is 4.79 Å². The van der Waals surface area contributed by atoms with E-state index < -0.39 is 22.4 Å². The third-order valence-corrected chi connectivity index (χ3v) is 6.06. The predicted molar refractivity (Wildman–Crippen MR) is 131 cm³/mol. The standard InChI is InChI=1S/C24H20N4O6S/c1-3-34-24(31)21-18-13-35-22(25-19(29)12-15-6-10-17(11-7-15)28(32)33)20(18)23(30)27(26-21)16-8-4-14(2)5-9-16/h4-11,13H,3,12H2,1-2H3,(H,25,29). The van der Waals surface area contributed by atoms with Crippen LogP contribution in [-0.2, 0) is 16.0 Å². The largest absolute Gasteiger partial charge is 0.461 e. The molecule has 4 aromatic rings. The van der Waals surface area contributed by atoms with Crippen LogP contribution in [0.5, 0.6) is 0 Å². The Balaban J connectivity index is 1.73. The van der Waals surface area contributed by atoms with Crippen molar-refractivity contribution in [1.82, 2.24) is 9.78 Å². The highest BCUT2D eigenvalue weighted by Gasteiger charge is 2.23.